The molecule has 1 fully saturated rings. The van der Waals surface area contributed by atoms with Crippen molar-refractivity contribution in [3.05, 3.63) is 0 Å². The van der Waals surface area contributed by atoms with E-state index >= 15 is 0 Å². The zero-order valence-corrected chi connectivity index (χ0v) is 14.7. The normalized spacial score (nSPS) is 18.2. The molecule has 0 aliphatic heterocycles. The van der Waals surface area contributed by atoms with E-state index in [-0.39, 0.29) is 17.4 Å². The Balaban J connectivity index is 2.57. The number of likely N-dealkylation sites (N-methyl/N-ethyl adjacent to an activating group) is 1. The van der Waals surface area contributed by atoms with Gasteiger partial charge in [-0.15, -0.1) is 0 Å². The minimum atomic E-state index is -0.0271. The van der Waals surface area contributed by atoms with Crippen molar-refractivity contribution in [3.8, 4) is 0 Å². The Labute approximate surface area is 131 Å². The molecule has 1 aliphatic rings. The van der Waals surface area contributed by atoms with Crippen molar-refractivity contribution in [2.45, 2.75) is 71.4 Å². The van der Waals surface area contributed by atoms with E-state index in [2.05, 4.69) is 44.7 Å². The first-order chi connectivity index (χ1) is 9.69. The highest BCUT2D eigenvalue weighted by atomic mass is 16.2. The van der Waals surface area contributed by atoms with Crippen LogP contribution < -0.4 is 5.73 Å². The first-order valence-corrected chi connectivity index (χ1v) is 8.39. The molecule has 0 heterocycles. The second-order valence-electron chi connectivity index (χ2n) is 8.06. The number of hydrogen-bond donors (Lipinski definition) is 1. The van der Waals surface area contributed by atoms with E-state index in [9.17, 15) is 4.79 Å². The van der Waals surface area contributed by atoms with Gasteiger partial charge in [0.25, 0.3) is 0 Å². The molecule has 0 aromatic rings. The van der Waals surface area contributed by atoms with Crippen LogP contribution in [0.5, 0.6) is 0 Å². The number of nitrogens with zero attached hydrogens (tertiary/aromatic N) is 2. The van der Waals surface area contributed by atoms with Gasteiger partial charge in [0.2, 0.25) is 5.91 Å². The average molecular weight is 297 g/mol. The Morgan fingerprint density at radius 3 is 2.24 bits per heavy atom. The topological polar surface area (TPSA) is 49.6 Å². The fourth-order valence-electron chi connectivity index (χ4n) is 3.23. The molecule has 0 spiro atoms. The maximum atomic E-state index is 12.7. The first kappa shape index (κ1) is 18.4. The summed E-state index contributed by atoms with van der Waals surface area (Å²) in [5.41, 5.74) is 6.38. The van der Waals surface area contributed by atoms with Crippen molar-refractivity contribution in [2.24, 2.45) is 11.1 Å². The van der Waals surface area contributed by atoms with Crippen molar-refractivity contribution in [3.63, 3.8) is 0 Å². The average Bonchev–Trinajstić information content (AvgIpc) is 2.79. The summed E-state index contributed by atoms with van der Waals surface area (Å²) in [4.78, 5) is 16.9. The molecule has 1 unspecified atom stereocenters. The molecule has 4 nitrogen and oxygen atoms in total. The lowest BCUT2D eigenvalue weighted by atomic mass is 9.87. The van der Waals surface area contributed by atoms with Gasteiger partial charge in [-0.05, 0) is 38.8 Å². The highest BCUT2D eigenvalue weighted by Crippen LogP contribution is 2.25. The molecule has 4 heteroatoms. The smallest absolute Gasteiger partial charge is 0.224 e. The molecule has 0 saturated heterocycles. The molecule has 1 atom stereocenters. The Morgan fingerprint density at radius 2 is 1.76 bits per heavy atom. The lowest BCUT2D eigenvalue weighted by Crippen LogP contribution is -2.45. The minimum absolute atomic E-state index is 0.0271. The summed E-state index contributed by atoms with van der Waals surface area (Å²) in [5, 5.41) is 0. The molecular formula is C17H35N3O. The molecule has 1 amide bonds. The van der Waals surface area contributed by atoms with E-state index in [1.807, 2.05) is 0 Å². The first-order valence-electron chi connectivity index (χ1n) is 8.39. The lowest BCUT2D eigenvalue weighted by molar-refractivity contribution is -0.134. The Morgan fingerprint density at radius 1 is 1.19 bits per heavy atom. The minimum Gasteiger partial charge on any atom is -0.338 e. The third-order valence-corrected chi connectivity index (χ3v) is 4.19. The summed E-state index contributed by atoms with van der Waals surface area (Å²) >= 11 is 0. The highest BCUT2D eigenvalue weighted by molar-refractivity contribution is 5.77. The number of carbonyl (C=O) groups is 1. The molecule has 124 valence electrons. The molecule has 0 aromatic carbocycles. The van der Waals surface area contributed by atoms with Crippen LogP contribution in [0.15, 0.2) is 0 Å². The lowest BCUT2D eigenvalue weighted by Gasteiger charge is -2.32. The maximum Gasteiger partial charge on any atom is 0.224 e. The fourth-order valence-corrected chi connectivity index (χ4v) is 3.23. The van der Waals surface area contributed by atoms with Gasteiger partial charge in [-0.3, -0.25) is 4.79 Å². The van der Waals surface area contributed by atoms with Gasteiger partial charge in [0.1, 0.15) is 0 Å². The molecule has 1 saturated carbocycles. The van der Waals surface area contributed by atoms with Crippen molar-refractivity contribution >= 4 is 5.91 Å². The zero-order valence-electron chi connectivity index (χ0n) is 14.7. The summed E-state index contributed by atoms with van der Waals surface area (Å²) in [7, 11) is 4.12. The number of rotatable bonds is 7. The molecule has 2 N–H and O–H groups in total. The van der Waals surface area contributed by atoms with Gasteiger partial charge in [-0.2, -0.15) is 0 Å². The van der Waals surface area contributed by atoms with E-state index in [1.54, 1.807) is 0 Å². The van der Waals surface area contributed by atoms with Crippen LogP contribution in [-0.4, -0.2) is 55.0 Å². The van der Waals surface area contributed by atoms with Crippen LogP contribution in [0.2, 0.25) is 0 Å². The Hall–Kier alpha value is -0.610. The quantitative estimate of drug-likeness (QED) is 0.785. The summed E-state index contributed by atoms with van der Waals surface area (Å²) in [6.45, 7) is 8.30. The summed E-state index contributed by atoms with van der Waals surface area (Å²) in [6, 6.07) is 0.417. The summed E-state index contributed by atoms with van der Waals surface area (Å²) in [5.74, 6) is 0.250. The molecule has 1 rings (SSSR count). The van der Waals surface area contributed by atoms with Crippen LogP contribution in [0.25, 0.3) is 0 Å². The number of nitrogens with two attached hydrogens (primary N) is 1. The molecule has 21 heavy (non-hydrogen) atoms. The molecule has 0 bridgehead atoms. The van der Waals surface area contributed by atoms with Crippen LogP contribution in [0.3, 0.4) is 0 Å². The van der Waals surface area contributed by atoms with Gasteiger partial charge >= 0.3 is 0 Å². The van der Waals surface area contributed by atoms with E-state index in [0.717, 1.165) is 32.4 Å². The standard InChI is InChI=1S/C17H35N3O/c1-17(2,3)13-14(18)12-16(21)20(11-10-19(4)5)15-8-6-7-9-15/h14-15H,6-13,18H2,1-5H3. The predicted molar refractivity (Wildman–Crippen MR) is 89.2 cm³/mol. The van der Waals surface area contributed by atoms with E-state index in [4.69, 9.17) is 5.73 Å². The summed E-state index contributed by atoms with van der Waals surface area (Å²) < 4.78 is 0. The van der Waals surface area contributed by atoms with Crippen molar-refractivity contribution in [1.82, 2.24) is 9.80 Å². The molecule has 1 aliphatic carbocycles. The second-order valence-corrected chi connectivity index (χ2v) is 8.06. The van der Waals surface area contributed by atoms with Crippen molar-refractivity contribution in [2.75, 3.05) is 27.2 Å². The van der Waals surface area contributed by atoms with Crippen LogP contribution in [-0.2, 0) is 4.79 Å². The zero-order chi connectivity index (χ0) is 16.0. The van der Waals surface area contributed by atoms with Crippen molar-refractivity contribution in [1.29, 1.82) is 0 Å². The van der Waals surface area contributed by atoms with Gasteiger partial charge in [-0.1, -0.05) is 33.6 Å². The number of carbonyl (C=O) groups excluding carboxylic acids is 1. The van der Waals surface area contributed by atoms with Gasteiger partial charge in [0.05, 0.1) is 0 Å². The van der Waals surface area contributed by atoms with Crippen LogP contribution in [0, 0.1) is 5.41 Å². The van der Waals surface area contributed by atoms with E-state index in [0.29, 0.717) is 12.5 Å². The number of amides is 1. The van der Waals surface area contributed by atoms with Crippen LogP contribution in [0.4, 0.5) is 0 Å². The van der Waals surface area contributed by atoms with E-state index in [1.165, 1.54) is 12.8 Å². The van der Waals surface area contributed by atoms with Crippen LogP contribution in [0.1, 0.15) is 59.3 Å². The third-order valence-electron chi connectivity index (χ3n) is 4.19. The number of hydrogen-bond acceptors (Lipinski definition) is 3. The molecule has 0 aromatic heterocycles. The van der Waals surface area contributed by atoms with Gasteiger partial charge in [0.15, 0.2) is 0 Å². The maximum absolute atomic E-state index is 12.7. The van der Waals surface area contributed by atoms with Gasteiger partial charge in [0, 0.05) is 31.6 Å². The van der Waals surface area contributed by atoms with Crippen molar-refractivity contribution < 1.29 is 4.79 Å². The van der Waals surface area contributed by atoms with E-state index < -0.39 is 0 Å². The largest absolute Gasteiger partial charge is 0.338 e. The monoisotopic (exact) mass is 297 g/mol. The Kier molecular flexibility index (Phi) is 7.14. The van der Waals surface area contributed by atoms with Gasteiger partial charge < -0.3 is 15.5 Å². The molecule has 0 radical (unpaired) electrons. The second kappa shape index (κ2) is 8.14. The van der Waals surface area contributed by atoms with Crippen LogP contribution >= 0.6 is 0 Å². The molecular weight excluding hydrogens is 262 g/mol. The third kappa shape index (κ3) is 7.28. The summed E-state index contributed by atoms with van der Waals surface area (Å²) in [6.07, 6.45) is 6.21. The predicted octanol–water partition coefficient (Wildman–Crippen LogP) is 2.47. The fraction of sp³-hybridized carbons (Fsp3) is 0.941. The Bertz CT molecular complexity index is 316. The highest BCUT2D eigenvalue weighted by Gasteiger charge is 2.28. The SMILES string of the molecule is CN(C)CCN(C(=O)CC(N)CC(C)(C)C)C1CCCC1. The van der Waals surface area contributed by atoms with Gasteiger partial charge in [-0.25, -0.2) is 0 Å².